The van der Waals surface area contributed by atoms with Gasteiger partial charge in [-0.05, 0) is 10.8 Å². The lowest BCUT2D eigenvalue weighted by atomic mass is 10.0. The molecule has 4 heteroatoms. The molecule has 1 aromatic heterocycles. The molecule has 2 rings (SSSR count). The first-order chi connectivity index (χ1) is 7.28. The van der Waals surface area contributed by atoms with Crippen LogP contribution in [0.5, 0.6) is 0 Å². The third kappa shape index (κ3) is 1.39. The predicted molar refractivity (Wildman–Crippen MR) is 60.8 cm³/mol. The standard InChI is InChI=1S/C12H19N3O/c1-11(2)10(12(11,3)4)8(16)6-9-13-7-14-15(9)5/h7,10H,6H2,1-5H3. The molecule has 0 radical (unpaired) electrons. The quantitative estimate of drug-likeness (QED) is 0.779. The maximum Gasteiger partial charge on any atom is 0.144 e. The topological polar surface area (TPSA) is 47.8 Å². The van der Waals surface area contributed by atoms with Gasteiger partial charge in [-0.1, -0.05) is 27.7 Å². The Hall–Kier alpha value is -1.19. The minimum atomic E-state index is 0.114. The highest BCUT2D eigenvalue weighted by molar-refractivity contribution is 5.87. The van der Waals surface area contributed by atoms with Gasteiger partial charge in [0.2, 0.25) is 0 Å². The van der Waals surface area contributed by atoms with Gasteiger partial charge < -0.3 is 0 Å². The number of hydrogen-bond acceptors (Lipinski definition) is 3. The Kier molecular flexibility index (Phi) is 2.23. The minimum Gasteiger partial charge on any atom is -0.299 e. The number of ketones is 1. The third-order valence-corrected chi connectivity index (χ3v) is 4.48. The molecule has 0 atom stereocenters. The zero-order valence-corrected chi connectivity index (χ0v) is 10.6. The van der Waals surface area contributed by atoms with Gasteiger partial charge in [0, 0.05) is 13.0 Å². The van der Waals surface area contributed by atoms with Crippen LogP contribution in [-0.4, -0.2) is 20.5 Å². The number of rotatable bonds is 3. The lowest BCUT2D eigenvalue weighted by molar-refractivity contribution is -0.120. The summed E-state index contributed by atoms with van der Waals surface area (Å²) >= 11 is 0. The average Bonchev–Trinajstić information content (AvgIpc) is 2.44. The molecule has 0 aliphatic heterocycles. The summed E-state index contributed by atoms with van der Waals surface area (Å²) in [6.07, 6.45) is 1.89. The smallest absolute Gasteiger partial charge is 0.144 e. The second kappa shape index (κ2) is 3.15. The fourth-order valence-corrected chi connectivity index (χ4v) is 2.74. The largest absolute Gasteiger partial charge is 0.299 e. The molecule has 1 aromatic rings. The molecule has 0 amide bonds. The number of hydrogen-bond donors (Lipinski definition) is 0. The molecule has 0 spiro atoms. The molecule has 88 valence electrons. The molecular weight excluding hydrogens is 202 g/mol. The average molecular weight is 221 g/mol. The van der Waals surface area contributed by atoms with Crippen LogP contribution in [0.1, 0.15) is 33.5 Å². The molecule has 1 saturated carbocycles. The first-order valence-corrected chi connectivity index (χ1v) is 5.64. The van der Waals surface area contributed by atoms with Crippen LogP contribution in [0, 0.1) is 16.7 Å². The van der Waals surface area contributed by atoms with E-state index in [1.165, 1.54) is 6.33 Å². The first kappa shape index (κ1) is 11.3. The van der Waals surface area contributed by atoms with Crippen molar-refractivity contribution in [2.75, 3.05) is 0 Å². The van der Waals surface area contributed by atoms with Crippen molar-refractivity contribution in [3.05, 3.63) is 12.2 Å². The van der Waals surface area contributed by atoms with E-state index >= 15 is 0 Å². The van der Waals surface area contributed by atoms with E-state index in [0.29, 0.717) is 6.42 Å². The third-order valence-electron chi connectivity index (χ3n) is 4.48. The summed E-state index contributed by atoms with van der Waals surface area (Å²) in [5.74, 6) is 1.19. The summed E-state index contributed by atoms with van der Waals surface area (Å²) in [6.45, 7) is 8.64. The van der Waals surface area contributed by atoms with Crippen LogP contribution in [0.25, 0.3) is 0 Å². The molecule has 1 fully saturated rings. The van der Waals surface area contributed by atoms with E-state index in [4.69, 9.17) is 0 Å². The molecule has 0 aromatic carbocycles. The van der Waals surface area contributed by atoms with E-state index < -0.39 is 0 Å². The van der Waals surface area contributed by atoms with E-state index in [1.807, 2.05) is 7.05 Å². The van der Waals surface area contributed by atoms with Crippen LogP contribution in [0.3, 0.4) is 0 Å². The number of nitrogens with zero attached hydrogens (tertiary/aromatic N) is 3. The summed E-state index contributed by atoms with van der Waals surface area (Å²) in [4.78, 5) is 16.3. The number of carbonyl (C=O) groups excluding carboxylic acids is 1. The van der Waals surface area contributed by atoms with Gasteiger partial charge in [0.25, 0.3) is 0 Å². The maximum absolute atomic E-state index is 12.2. The van der Waals surface area contributed by atoms with Crippen molar-refractivity contribution in [2.24, 2.45) is 23.8 Å². The molecule has 1 heterocycles. The summed E-state index contributed by atoms with van der Waals surface area (Å²) < 4.78 is 1.67. The van der Waals surface area contributed by atoms with Crippen LogP contribution >= 0.6 is 0 Å². The van der Waals surface area contributed by atoms with E-state index in [2.05, 4.69) is 37.8 Å². The zero-order chi connectivity index (χ0) is 12.1. The van der Waals surface area contributed by atoms with Gasteiger partial charge in [-0.2, -0.15) is 5.10 Å². The van der Waals surface area contributed by atoms with E-state index in [1.54, 1.807) is 4.68 Å². The number of aromatic nitrogens is 3. The van der Waals surface area contributed by atoms with E-state index in [-0.39, 0.29) is 22.5 Å². The monoisotopic (exact) mass is 221 g/mol. The summed E-state index contributed by atoms with van der Waals surface area (Å²) in [7, 11) is 1.82. The van der Waals surface area contributed by atoms with Gasteiger partial charge in [-0.3, -0.25) is 9.48 Å². The Bertz CT molecular complexity index is 417. The lowest BCUT2D eigenvalue weighted by Crippen LogP contribution is -2.13. The maximum atomic E-state index is 12.2. The Morgan fingerprint density at radius 2 is 1.94 bits per heavy atom. The van der Waals surface area contributed by atoms with Crippen LogP contribution in [-0.2, 0) is 18.3 Å². The Labute approximate surface area is 96.1 Å². The second-order valence-corrected chi connectivity index (χ2v) is 5.82. The second-order valence-electron chi connectivity index (χ2n) is 5.82. The number of carbonyl (C=O) groups is 1. The molecule has 0 unspecified atom stereocenters. The first-order valence-electron chi connectivity index (χ1n) is 5.64. The fraction of sp³-hybridized carbons (Fsp3) is 0.750. The minimum absolute atomic E-state index is 0.114. The zero-order valence-electron chi connectivity index (χ0n) is 10.6. The lowest BCUT2D eigenvalue weighted by Gasteiger charge is -2.03. The molecule has 4 nitrogen and oxygen atoms in total. The molecule has 0 saturated heterocycles. The number of aryl methyl sites for hydroxylation is 1. The SMILES string of the molecule is Cn1ncnc1CC(=O)C1C(C)(C)C1(C)C. The highest BCUT2D eigenvalue weighted by Crippen LogP contribution is 2.68. The van der Waals surface area contributed by atoms with Crippen molar-refractivity contribution in [3.8, 4) is 0 Å². The molecule has 1 aliphatic carbocycles. The van der Waals surface area contributed by atoms with Crippen LogP contribution in [0.15, 0.2) is 6.33 Å². The van der Waals surface area contributed by atoms with E-state index in [9.17, 15) is 4.79 Å². The van der Waals surface area contributed by atoms with Gasteiger partial charge in [0.15, 0.2) is 0 Å². The van der Waals surface area contributed by atoms with Crippen molar-refractivity contribution in [1.82, 2.24) is 14.8 Å². The van der Waals surface area contributed by atoms with Gasteiger partial charge in [0.05, 0.1) is 6.42 Å². The normalized spacial score (nSPS) is 22.1. The molecule has 0 bridgehead atoms. The highest BCUT2D eigenvalue weighted by atomic mass is 16.1. The molecular formula is C12H19N3O. The van der Waals surface area contributed by atoms with Crippen LogP contribution in [0.2, 0.25) is 0 Å². The van der Waals surface area contributed by atoms with Crippen molar-refractivity contribution < 1.29 is 4.79 Å². The fourth-order valence-electron chi connectivity index (χ4n) is 2.74. The van der Waals surface area contributed by atoms with Crippen molar-refractivity contribution in [1.29, 1.82) is 0 Å². The van der Waals surface area contributed by atoms with Crippen molar-refractivity contribution in [2.45, 2.75) is 34.1 Å². The Balaban J connectivity index is 2.10. The Morgan fingerprint density at radius 1 is 1.38 bits per heavy atom. The molecule has 0 N–H and O–H groups in total. The van der Waals surface area contributed by atoms with E-state index in [0.717, 1.165) is 5.82 Å². The number of Topliss-reactive ketones (excluding diaryl/α,β-unsaturated/α-hetero) is 1. The van der Waals surface area contributed by atoms with Gasteiger partial charge >= 0.3 is 0 Å². The summed E-state index contributed by atoms with van der Waals surface area (Å²) in [5.41, 5.74) is 0.228. The van der Waals surface area contributed by atoms with Crippen LogP contribution < -0.4 is 0 Å². The van der Waals surface area contributed by atoms with Gasteiger partial charge in [0.1, 0.15) is 17.9 Å². The van der Waals surface area contributed by atoms with Crippen molar-refractivity contribution in [3.63, 3.8) is 0 Å². The predicted octanol–water partition coefficient (Wildman–Crippen LogP) is 1.61. The summed E-state index contributed by atoms with van der Waals surface area (Å²) in [6, 6.07) is 0. The van der Waals surface area contributed by atoms with Gasteiger partial charge in [-0.25, -0.2) is 4.98 Å². The Morgan fingerprint density at radius 3 is 2.31 bits per heavy atom. The molecule has 1 aliphatic rings. The summed E-state index contributed by atoms with van der Waals surface area (Å²) in [5, 5.41) is 3.98. The molecule has 16 heavy (non-hydrogen) atoms. The van der Waals surface area contributed by atoms with Crippen molar-refractivity contribution >= 4 is 5.78 Å². The van der Waals surface area contributed by atoms with Crippen LogP contribution in [0.4, 0.5) is 0 Å². The van der Waals surface area contributed by atoms with Gasteiger partial charge in [-0.15, -0.1) is 0 Å². The highest BCUT2D eigenvalue weighted by Gasteiger charge is 2.67.